The first-order chi connectivity index (χ1) is 7.41. The second-order valence-electron chi connectivity index (χ2n) is 3.98. The quantitative estimate of drug-likeness (QED) is 0.416. The lowest BCUT2D eigenvalue weighted by Gasteiger charge is -2.30. The van der Waals surface area contributed by atoms with Crippen LogP contribution < -0.4 is 0 Å². The fourth-order valence-corrected chi connectivity index (χ4v) is 1.03. The summed E-state index contributed by atoms with van der Waals surface area (Å²) in [5.74, 6) is 0. The van der Waals surface area contributed by atoms with E-state index in [9.17, 15) is 43.6 Å². The monoisotopic (exact) mass is 297 g/mol. The number of alkyl halides is 6. The van der Waals surface area contributed by atoms with Crippen LogP contribution in [-0.2, 0) is 0 Å². The van der Waals surface area contributed by atoms with Gasteiger partial charge in [-0.25, -0.2) is 0 Å². The van der Waals surface area contributed by atoms with Gasteiger partial charge in [-0.1, -0.05) is 0 Å². The molecule has 18 heavy (non-hydrogen) atoms. The Labute approximate surface area is 96.1 Å². The van der Waals surface area contributed by atoms with Gasteiger partial charge in [0, 0.05) is 0 Å². The third kappa shape index (κ3) is 24.5. The van der Waals surface area contributed by atoms with Crippen LogP contribution in [0.15, 0.2) is 0 Å². The highest BCUT2D eigenvalue weighted by Crippen LogP contribution is 2.24. The van der Waals surface area contributed by atoms with Crippen molar-refractivity contribution in [3.05, 3.63) is 0 Å². The van der Waals surface area contributed by atoms with E-state index in [4.69, 9.17) is 0 Å². The maximum absolute atomic E-state index is 11.7. The Hall–Kier alpha value is -0.675. The highest BCUT2D eigenvalue weighted by Gasteiger charge is 2.44. The molecule has 0 N–H and O–H groups in total. The number of hydrogen-bond acceptors (Lipinski definition) is 0. The highest BCUT2D eigenvalue weighted by atomic mass is 19.5. The summed E-state index contributed by atoms with van der Waals surface area (Å²) >= 11 is 0. The van der Waals surface area contributed by atoms with E-state index < -0.39 is 37.2 Å². The molecule has 0 spiro atoms. The second-order valence-corrected chi connectivity index (χ2v) is 3.98. The van der Waals surface area contributed by atoms with Crippen molar-refractivity contribution in [2.75, 3.05) is 27.2 Å². The van der Waals surface area contributed by atoms with Crippen molar-refractivity contribution in [2.24, 2.45) is 0 Å². The molecule has 1 nitrogen and oxygen atoms in total. The summed E-state index contributed by atoms with van der Waals surface area (Å²) in [6.45, 7) is -2.96. The minimum atomic E-state index is -6.00. The summed E-state index contributed by atoms with van der Waals surface area (Å²) in [7, 11) is -4.22. The summed E-state index contributed by atoms with van der Waals surface area (Å²) in [5, 5.41) is 0. The molecule has 0 aromatic carbocycles. The number of quaternary nitrogens is 1. The molecule has 12 heteroatoms. The van der Waals surface area contributed by atoms with Gasteiger partial charge in [0.05, 0.1) is 14.1 Å². The van der Waals surface area contributed by atoms with Gasteiger partial charge in [0.1, 0.15) is 0 Å². The summed E-state index contributed by atoms with van der Waals surface area (Å²) < 4.78 is 108. The Morgan fingerprint density at radius 2 is 0.889 bits per heavy atom. The molecule has 0 aliphatic carbocycles. The Morgan fingerprint density at radius 3 is 1.00 bits per heavy atom. The smallest absolute Gasteiger partial charge is 0.418 e. The third-order valence-corrected chi connectivity index (χ3v) is 1.21. The summed E-state index contributed by atoms with van der Waals surface area (Å²) in [6.07, 6.45) is -9.15. The summed E-state index contributed by atoms with van der Waals surface area (Å²) in [5.41, 5.74) is 0. The number of nitrogens with zero attached hydrogens (tertiary/aromatic N) is 1. The molecule has 0 heterocycles. The van der Waals surface area contributed by atoms with Gasteiger partial charge in [0.15, 0.2) is 13.1 Å². The lowest BCUT2D eigenvalue weighted by Crippen LogP contribution is -2.51. The van der Waals surface area contributed by atoms with Crippen molar-refractivity contribution in [3.63, 3.8) is 0 Å². The minimum absolute atomic E-state index is 0.890. The van der Waals surface area contributed by atoms with Gasteiger partial charge in [0.2, 0.25) is 0 Å². The van der Waals surface area contributed by atoms with Crippen molar-refractivity contribution in [2.45, 2.75) is 12.4 Å². The normalized spacial score (nSPS) is 14.0. The van der Waals surface area contributed by atoms with Crippen LogP contribution in [0.25, 0.3) is 0 Å². The Kier molecular flexibility index (Phi) is 6.53. The lowest BCUT2D eigenvalue weighted by atomic mass is 10.3. The molecule has 0 fully saturated rings. The van der Waals surface area contributed by atoms with Crippen LogP contribution in [0, 0.1) is 0 Å². The molecule has 0 radical (unpaired) electrons. The molecule has 112 valence electrons. The van der Waals surface area contributed by atoms with E-state index in [1.54, 1.807) is 0 Å². The summed E-state index contributed by atoms with van der Waals surface area (Å²) in [6, 6.07) is 0. The van der Waals surface area contributed by atoms with Gasteiger partial charge in [-0.15, -0.1) is 0 Å². The second kappa shape index (κ2) is 5.98. The van der Waals surface area contributed by atoms with E-state index in [1.807, 2.05) is 0 Å². The molecule has 0 rings (SSSR count). The predicted octanol–water partition coefficient (Wildman–Crippen LogP) is 3.49. The maximum Gasteiger partial charge on any atom is 0.673 e. The molecule has 0 saturated carbocycles. The van der Waals surface area contributed by atoms with Gasteiger partial charge in [-0.05, 0) is 0 Å². The molecule has 0 atom stereocenters. The Bertz CT molecular complexity index is 214. The molecule has 0 aromatic rings. The average Bonchev–Trinajstić information content (AvgIpc) is 1.64. The van der Waals surface area contributed by atoms with Crippen LogP contribution in [0.3, 0.4) is 0 Å². The third-order valence-electron chi connectivity index (χ3n) is 1.21. The van der Waals surface area contributed by atoms with E-state index in [2.05, 4.69) is 0 Å². The van der Waals surface area contributed by atoms with Crippen molar-refractivity contribution in [1.82, 2.24) is 0 Å². The number of halogens is 10. The SMILES string of the molecule is C[N+](C)(CC(F)(F)F)CC(F)(F)F.F[B-](F)(F)F. The van der Waals surface area contributed by atoms with Gasteiger partial charge in [-0.2, -0.15) is 26.3 Å². The van der Waals surface area contributed by atoms with E-state index in [1.165, 1.54) is 0 Å². The topological polar surface area (TPSA) is 0 Å². The Balaban J connectivity index is 0. The lowest BCUT2D eigenvalue weighted by molar-refractivity contribution is -0.910. The average molecular weight is 297 g/mol. The van der Waals surface area contributed by atoms with Crippen LogP contribution in [0.5, 0.6) is 0 Å². The van der Waals surface area contributed by atoms with Crippen molar-refractivity contribution in [1.29, 1.82) is 0 Å². The molecule has 0 unspecified atom stereocenters. The van der Waals surface area contributed by atoms with E-state index in [0.717, 1.165) is 14.1 Å². The highest BCUT2D eigenvalue weighted by molar-refractivity contribution is 6.50. The van der Waals surface area contributed by atoms with E-state index in [0.29, 0.717) is 0 Å². The zero-order valence-corrected chi connectivity index (χ0v) is 9.22. The molecule has 0 aromatic heterocycles. The molecular weight excluding hydrogens is 287 g/mol. The molecular formula is C6H10BF10N. The first-order valence-corrected chi connectivity index (χ1v) is 4.24. The van der Waals surface area contributed by atoms with Crippen LogP contribution in [0.1, 0.15) is 0 Å². The maximum atomic E-state index is 11.7. The fourth-order valence-electron chi connectivity index (χ4n) is 1.03. The standard InChI is InChI=1S/C6H10F6N.BF4/c1-13(2,3-5(7,8)9)4-6(10,11)12;2-1(3,4)5/h3-4H2,1-2H3;/q+1;-1. The van der Waals surface area contributed by atoms with Gasteiger partial charge in [-0.3, -0.25) is 0 Å². The number of rotatable bonds is 2. The van der Waals surface area contributed by atoms with Crippen molar-refractivity contribution in [3.8, 4) is 0 Å². The largest absolute Gasteiger partial charge is 0.673 e. The zero-order valence-electron chi connectivity index (χ0n) is 9.22. The van der Waals surface area contributed by atoms with Crippen LogP contribution in [0.4, 0.5) is 43.6 Å². The zero-order chi connectivity index (χ0) is 15.4. The Morgan fingerprint density at radius 1 is 0.722 bits per heavy atom. The molecule has 0 aliphatic rings. The summed E-state index contributed by atoms with van der Waals surface area (Å²) in [4.78, 5) is 0. The van der Waals surface area contributed by atoms with E-state index in [-0.39, 0.29) is 0 Å². The van der Waals surface area contributed by atoms with E-state index >= 15 is 0 Å². The predicted molar refractivity (Wildman–Crippen MR) is 44.1 cm³/mol. The minimum Gasteiger partial charge on any atom is -0.418 e. The first-order valence-electron chi connectivity index (χ1n) is 4.24. The molecule has 0 amide bonds. The fraction of sp³-hybridized carbons (Fsp3) is 1.00. The van der Waals surface area contributed by atoms with Crippen molar-refractivity contribution >= 4 is 7.25 Å². The molecule has 0 bridgehead atoms. The molecule has 0 aliphatic heterocycles. The molecule has 0 saturated heterocycles. The van der Waals surface area contributed by atoms with Crippen LogP contribution >= 0.6 is 0 Å². The number of hydrogen-bond donors (Lipinski definition) is 0. The van der Waals surface area contributed by atoms with Gasteiger partial charge < -0.3 is 21.7 Å². The van der Waals surface area contributed by atoms with Crippen LogP contribution in [-0.4, -0.2) is 51.3 Å². The first kappa shape index (κ1) is 19.7. The van der Waals surface area contributed by atoms with Crippen LogP contribution in [0.2, 0.25) is 0 Å². The van der Waals surface area contributed by atoms with Gasteiger partial charge >= 0.3 is 19.6 Å². The van der Waals surface area contributed by atoms with Gasteiger partial charge in [0.25, 0.3) is 0 Å². The van der Waals surface area contributed by atoms with Crippen molar-refractivity contribution < 1.29 is 48.1 Å².